The van der Waals surface area contributed by atoms with Gasteiger partial charge in [0.2, 0.25) is 0 Å². The second kappa shape index (κ2) is 8.48. The number of nitrogens with one attached hydrogen (secondary N) is 1. The summed E-state index contributed by atoms with van der Waals surface area (Å²) in [7, 11) is 0. The van der Waals surface area contributed by atoms with Crippen LogP contribution in [0.5, 0.6) is 0 Å². The lowest BCUT2D eigenvalue weighted by Gasteiger charge is -2.27. The normalized spacial score (nSPS) is 16.7. The lowest BCUT2D eigenvalue weighted by atomic mass is 9.87. The van der Waals surface area contributed by atoms with Gasteiger partial charge in [0, 0.05) is 0 Å². The molecule has 0 spiro atoms. The Balaban J connectivity index is 1.38. The Hall–Kier alpha value is -3.14. The topological polar surface area (TPSA) is 55.4 Å². The fourth-order valence-electron chi connectivity index (χ4n) is 4.09. The van der Waals surface area contributed by atoms with Crippen molar-refractivity contribution in [3.05, 3.63) is 83.4 Å². The number of rotatable bonds is 5. The maximum atomic E-state index is 12.6. The molecule has 0 bridgehead atoms. The minimum atomic E-state index is -0.827. The van der Waals surface area contributed by atoms with Gasteiger partial charge in [0.25, 0.3) is 5.91 Å². The van der Waals surface area contributed by atoms with E-state index in [0.717, 1.165) is 35.6 Å². The maximum Gasteiger partial charge on any atom is 0.311 e. The van der Waals surface area contributed by atoms with E-state index >= 15 is 0 Å². The van der Waals surface area contributed by atoms with Crippen molar-refractivity contribution in [3.8, 4) is 0 Å². The van der Waals surface area contributed by atoms with Crippen LogP contribution in [0.15, 0.2) is 66.7 Å². The number of benzene rings is 3. The minimum Gasteiger partial charge on any atom is -0.452 e. The number of carbonyl (C=O) groups is 2. The molecule has 1 amide bonds. The molecular weight excluding hydrogens is 362 g/mol. The zero-order chi connectivity index (χ0) is 20.2. The van der Waals surface area contributed by atoms with Gasteiger partial charge in [-0.2, -0.15) is 0 Å². The molecule has 3 aromatic carbocycles. The molecular formula is C25H25NO3. The molecule has 0 saturated heterocycles. The monoisotopic (exact) mass is 387 g/mol. The number of esters is 1. The minimum absolute atomic E-state index is 0.0216. The van der Waals surface area contributed by atoms with Crippen molar-refractivity contribution in [3.63, 3.8) is 0 Å². The largest absolute Gasteiger partial charge is 0.452 e. The van der Waals surface area contributed by atoms with Crippen molar-refractivity contribution in [1.82, 2.24) is 5.32 Å². The molecule has 0 aromatic heterocycles. The molecule has 29 heavy (non-hydrogen) atoms. The van der Waals surface area contributed by atoms with Crippen molar-refractivity contribution in [2.75, 3.05) is 0 Å². The van der Waals surface area contributed by atoms with E-state index in [2.05, 4.69) is 17.4 Å². The molecule has 0 fully saturated rings. The summed E-state index contributed by atoms with van der Waals surface area (Å²) in [6, 6.07) is 22.0. The summed E-state index contributed by atoms with van der Waals surface area (Å²) in [5, 5.41) is 5.17. The zero-order valence-electron chi connectivity index (χ0n) is 16.6. The van der Waals surface area contributed by atoms with Gasteiger partial charge < -0.3 is 10.1 Å². The summed E-state index contributed by atoms with van der Waals surface area (Å²) in [5.41, 5.74) is 3.35. The first kappa shape index (κ1) is 19.2. The van der Waals surface area contributed by atoms with Gasteiger partial charge in [0.1, 0.15) is 0 Å². The SMILES string of the molecule is C[C@@H](OC(=O)Cc1cccc2ccccc12)C(=O)N[C@H]1CCCc2ccccc21. The molecule has 0 radical (unpaired) electrons. The van der Waals surface area contributed by atoms with E-state index in [1.165, 1.54) is 11.1 Å². The van der Waals surface area contributed by atoms with Gasteiger partial charge in [-0.25, -0.2) is 0 Å². The van der Waals surface area contributed by atoms with E-state index in [1.54, 1.807) is 6.92 Å². The van der Waals surface area contributed by atoms with Crippen LogP contribution in [0.2, 0.25) is 0 Å². The van der Waals surface area contributed by atoms with Gasteiger partial charge in [0.05, 0.1) is 12.5 Å². The average Bonchev–Trinajstić information content (AvgIpc) is 2.74. The summed E-state index contributed by atoms with van der Waals surface area (Å²) in [6.07, 6.45) is 2.30. The fraction of sp³-hybridized carbons (Fsp3) is 0.280. The molecule has 2 atom stereocenters. The average molecular weight is 387 g/mol. The van der Waals surface area contributed by atoms with Crippen LogP contribution in [0, 0.1) is 0 Å². The molecule has 4 rings (SSSR count). The number of amides is 1. The Morgan fingerprint density at radius 3 is 2.69 bits per heavy atom. The Morgan fingerprint density at radius 1 is 1.03 bits per heavy atom. The van der Waals surface area contributed by atoms with Crippen LogP contribution in [0.4, 0.5) is 0 Å². The Labute approximate surface area is 170 Å². The highest BCUT2D eigenvalue weighted by molar-refractivity contribution is 5.90. The number of hydrogen-bond donors (Lipinski definition) is 1. The van der Waals surface area contributed by atoms with Crippen molar-refractivity contribution >= 4 is 22.6 Å². The van der Waals surface area contributed by atoms with E-state index in [0.29, 0.717) is 0 Å². The van der Waals surface area contributed by atoms with E-state index in [1.807, 2.05) is 54.6 Å². The number of ether oxygens (including phenoxy) is 1. The molecule has 0 saturated carbocycles. The highest BCUT2D eigenvalue weighted by Gasteiger charge is 2.25. The molecule has 1 aliphatic carbocycles. The lowest BCUT2D eigenvalue weighted by Crippen LogP contribution is -2.39. The standard InChI is InChI=1S/C25H25NO3/c1-17(25(28)26-23-15-7-11-19-9-3-5-14-22(19)23)29-24(27)16-20-12-6-10-18-8-2-4-13-21(18)20/h2-6,8-10,12-14,17,23H,7,11,15-16H2,1H3,(H,26,28)/t17-,23+/m1/s1. The molecule has 0 aliphatic heterocycles. The van der Waals surface area contributed by atoms with Crippen LogP contribution in [-0.4, -0.2) is 18.0 Å². The lowest BCUT2D eigenvalue weighted by molar-refractivity contribution is -0.154. The van der Waals surface area contributed by atoms with Gasteiger partial charge in [-0.15, -0.1) is 0 Å². The molecule has 1 aliphatic rings. The van der Waals surface area contributed by atoms with E-state index in [9.17, 15) is 9.59 Å². The number of fused-ring (bicyclic) bond motifs is 2. The van der Waals surface area contributed by atoms with Gasteiger partial charge in [-0.05, 0) is 53.6 Å². The van der Waals surface area contributed by atoms with Crippen LogP contribution in [0.25, 0.3) is 10.8 Å². The summed E-state index contributed by atoms with van der Waals surface area (Å²) in [4.78, 5) is 25.1. The predicted molar refractivity (Wildman–Crippen MR) is 113 cm³/mol. The third-order valence-corrected chi connectivity index (χ3v) is 5.58. The molecule has 148 valence electrons. The van der Waals surface area contributed by atoms with Crippen LogP contribution < -0.4 is 5.32 Å². The predicted octanol–water partition coefficient (Wildman–Crippen LogP) is 4.51. The van der Waals surface area contributed by atoms with Crippen molar-refractivity contribution in [1.29, 1.82) is 0 Å². The van der Waals surface area contributed by atoms with Crippen LogP contribution in [0.1, 0.15) is 42.5 Å². The fourth-order valence-corrected chi connectivity index (χ4v) is 4.09. The number of aryl methyl sites for hydroxylation is 1. The second-order valence-corrected chi connectivity index (χ2v) is 7.60. The summed E-state index contributed by atoms with van der Waals surface area (Å²) in [6.45, 7) is 1.63. The van der Waals surface area contributed by atoms with Gasteiger partial charge in [-0.1, -0.05) is 66.7 Å². The van der Waals surface area contributed by atoms with E-state index < -0.39 is 12.1 Å². The molecule has 0 heterocycles. The van der Waals surface area contributed by atoms with Crippen LogP contribution in [0.3, 0.4) is 0 Å². The van der Waals surface area contributed by atoms with E-state index in [-0.39, 0.29) is 18.4 Å². The maximum absolute atomic E-state index is 12.6. The van der Waals surface area contributed by atoms with E-state index in [4.69, 9.17) is 4.74 Å². The summed E-state index contributed by atoms with van der Waals surface area (Å²) in [5.74, 6) is -0.647. The molecule has 3 aromatic rings. The highest BCUT2D eigenvalue weighted by Crippen LogP contribution is 2.29. The van der Waals surface area contributed by atoms with Crippen molar-refractivity contribution in [2.45, 2.75) is 44.8 Å². The first-order chi connectivity index (χ1) is 14.1. The zero-order valence-corrected chi connectivity index (χ0v) is 16.6. The second-order valence-electron chi connectivity index (χ2n) is 7.60. The van der Waals surface area contributed by atoms with Crippen LogP contribution >= 0.6 is 0 Å². The van der Waals surface area contributed by atoms with Crippen LogP contribution in [-0.2, 0) is 27.2 Å². The third kappa shape index (κ3) is 4.32. The molecule has 4 heteroatoms. The van der Waals surface area contributed by atoms with Crippen molar-refractivity contribution < 1.29 is 14.3 Å². The number of hydrogen-bond acceptors (Lipinski definition) is 3. The third-order valence-electron chi connectivity index (χ3n) is 5.58. The summed E-state index contributed by atoms with van der Waals surface area (Å²) >= 11 is 0. The quantitative estimate of drug-likeness (QED) is 0.656. The Bertz CT molecular complexity index is 1040. The molecule has 0 unspecified atom stereocenters. The highest BCUT2D eigenvalue weighted by atomic mass is 16.5. The smallest absolute Gasteiger partial charge is 0.311 e. The van der Waals surface area contributed by atoms with Gasteiger partial charge >= 0.3 is 5.97 Å². The first-order valence-electron chi connectivity index (χ1n) is 10.2. The van der Waals surface area contributed by atoms with Crippen molar-refractivity contribution in [2.24, 2.45) is 0 Å². The molecule has 1 N–H and O–H groups in total. The van der Waals surface area contributed by atoms with Gasteiger partial charge in [-0.3, -0.25) is 9.59 Å². The first-order valence-corrected chi connectivity index (χ1v) is 10.2. The number of carbonyl (C=O) groups excluding carboxylic acids is 2. The Morgan fingerprint density at radius 2 is 1.79 bits per heavy atom. The summed E-state index contributed by atoms with van der Waals surface area (Å²) < 4.78 is 5.44. The Kier molecular flexibility index (Phi) is 5.61. The molecule has 4 nitrogen and oxygen atoms in total. The van der Waals surface area contributed by atoms with Gasteiger partial charge in [0.15, 0.2) is 6.10 Å².